The van der Waals surface area contributed by atoms with Crippen LogP contribution in [0.2, 0.25) is 0 Å². The maximum absolute atomic E-state index is 10.8. The quantitative estimate of drug-likeness (QED) is 0.666. The molecule has 0 saturated carbocycles. The van der Waals surface area contributed by atoms with Crippen LogP contribution in [0.4, 0.5) is 0 Å². The second kappa shape index (κ2) is 3.09. The van der Waals surface area contributed by atoms with Crippen LogP contribution < -0.4 is 0 Å². The lowest BCUT2D eigenvalue weighted by Crippen LogP contribution is -1.97. The number of carbonyl (C=O) groups excluding carboxylic acids is 1. The summed E-state index contributed by atoms with van der Waals surface area (Å²) in [4.78, 5) is 10.8. The smallest absolute Gasteiger partial charge is 0.306 e. The van der Waals surface area contributed by atoms with Crippen molar-refractivity contribution in [3.05, 3.63) is 29.8 Å². The van der Waals surface area contributed by atoms with Gasteiger partial charge in [0.2, 0.25) is 0 Å². The van der Waals surface area contributed by atoms with E-state index in [4.69, 9.17) is 4.74 Å². The minimum Gasteiger partial charge on any atom is -0.508 e. The zero-order chi connectivity index (χ0) is 9.26. The molecule has 1 fully saturated rings. The number of esters is 1. The van der Waals surface area contributed by atoms with E-state index in [1.165, 1.54) is 0 Å². The molecule has 0 aliphatic carbocycles. The standard InChI is InChI=1S/C10H10O3/c11-8-3-1-2-7(6-8)9-4-5-10(12)13-9/h1-3,6,9,11H,4-5H2. The lowest BCUT2D eigenvalue weighted by molar-refractivity contribution is -0.141. The minimum absolute atomic E-state index is 0.159. The molecule has 1 atom stereocenters. The second-order valence-electron chi connectivity index (χ2n) is 3.11. The predicted octanol–water partition coefficient (Wildman–Crippen LogP) is 1.77. The van der Waals surface area contributed by atoms with E-state index in [9.17, 15) is 9.90 Å². The van der Waals surface area contributed by atoms with E-state index in [1.807, 2.05) is 6.07 Å². The summed E-state index contributed by atoms with van der Waals surface area (Å²) in [7, 11) is 0. The van der Waals surface area contributed by atoms with Gasteiger partial charge in [-0.15, -0.1) is 0 Å². The Morgan fingerprint density at radius 2 is 2.31 bits per heavy atom. The van der Waals surface area contributed by atoms with Crippen LogP contribution in [0.3, 0.4) is 0 Å². The molecular weight excluding hydrogens is 168 g/mol. The first-order chi connectivity index (χ1) is 6.25. The average molecular weight is 178 g/mol. The Morgan fingerprint density at radius 3 is 2.92 bits per heavy atom. The summed E-state index contributed by atoms with van der Waals surface area (Å²) >= 11 is 0. The predicted molar refractivity (Wildman–Crippen MR) is 46.2 cm³/mol. The van der Waals surface area contributed by atoms with Crippen molar-refractivity contribution in [2.24, 2.45) is 0 Å². The molecule has 0 spiro atoms. The van der Waals surface area contributed by atoms with Gasteiger partial charge in [0.25, 0.3) is 0 Å². The lowest BCUT2D eigenvalue weighted by atomic mass is 10.1. The summed E-state index contributed by atoms with van der Waals surface area (Å²) in [6, 6.07) is 6.82. The zero-order valence-electron chi connectivity index (χ0n) is 7.06. The summed E-state index contributed by atoms with van der Waals surface area (Å²) < 4.78 is 5.05. The summed E-state index contributed by atoms with van der Waals surface area (Å²) in [5.41, 5.74) is 0.867. The summed E-state index contributed by atoms with van der Waals surface area (Å²) in [5.74, 6) is 0.0498. The number of hydrogen-bond acceptors (Lipinski definition) is 3. The average Bonchev–Trinajstić information content (AvgIpc) is 2.52. The van der Waals surface area contributed by atoms with E-state index < -0.39 is 0 Å². The van der Waals surface area contributed by atoms with Gasteiger partial charge in [-0.2, -0.15) is 0 Å². The van der Waals surface area contributed by atoms with Crippen LogP contribution in [0.5, 0.6) is 5.75 Å². The van der Waals surface area contributed by atoms with E-state index in [1.54, 1.807) is 18.2 Å². The Hall–Kier alpha value is -1.51. The molecule has 0 aromatic heterocycles. The molecule has 13 heavy (non-hydrogen) atoms. The zero-order valence-corrected chi connectivity index (χ0v) is 7.06. The number of hydrogen-bond donors (Lipinski definition) is 1. The van der Waals surface area contributed by atoms with Crippen LogP contribution in [0, 0.1) is 0 Å². The highest BCUT2D eigenvalue weighted by atomic mass is 16.5. The summed E-state index contributed by atoms with van der Waals surface area (Å²) in [6.07, 6.45) is 1.02. The van der Waals surface area contributed by atoms with Gasteiger partial charge in [-0.3, -0.25) is 4.79 Å². The molecule has 68 valence electrons. The van der Waals surface area contributed by atoms with Crippen LogP contribution in [0.1, 0.15) is 24.5 Å². The van der Waals surface area contributed by atoms with E-state index >= 15 is 0 Å². The molecule has 3 nitrogen and oxygen atoms in total. The number of rotatable bonds is 1. The van der Waals surface area contributed by atoms with Crippen molar-refractivity contribution in [1.29, 1.82) is 0 Å². The molecule has 3 heteroatoms. The first-order valence-electron chi connectivity index (χ1n) is 4.24. The lowest BCUT2D eigenvalue weighted by Gasteiger charge is -2.08. The highest BCUT2D eigenvalue weighted by molar-refractivity contribution is 5.71. The molecule has 1 aromatic carbocycles. The van der Waals surface area contributed by atoms with Crippen molar-refractivity contribution >= 4 is 5.97 Å². The van der Waals surface area contributed by atoms with E-state index in [0.29, 0.717) is 12.8 Å². The third-order valence-electron chi connectivity index (χ3n) is 2.13. The molecular formula is C10H10O3. The Balaban J connectivity index is 2.21. The van der Waals surface area contributed by atoms with Gasteiger partial charge in [-0.1, -0.05) is 12.1 Å². The van der Waals surface area contributed by atoms with Crippen molar-refractivity contribution in [1.82, 2.24) is 0 Å². The van der Waals surface area contributed by atoms with E-state index in [-0.39, 0.29) is 17.8 Å². The Bertz CT molecular complexity index is 333. The fraction of sp³-hybridized carbons (Fsp3) is 0.300. The third-order valence-corrected chi connectivity index (χ3v) is 2.13. The van der Waals surface area contributed by atoms with Gasteiger partial charge < -0.3 is 9.84 Å². The number of phenols is 1. The van der Waals surface area contributed by atoms with Crippen LogP contribution in [0.15, 0.2) is 24.3 Å². The van der Waals surface area contributed by atoms with Gasteiger partial charge in [0.05, 0.1) is 0 Å². The molecule has 0 bridgehead atoms. The van der Waals surface area contributed by atoms with Gasteiger partial charge in [0.15, 0.2) is 0 Å². The molecule has 1 saturated heterocycles. The molecule has 0 radical (unpaired) electrons. The number of carbonyl (C=O) groups is 1. The van der Waals surface area contributed by atoms with Gasteiger partial charge in [-0.05, 0) is 24.1 Å². The van der Waals surface area contributed by atoms with Crippen molar-refractivity contribution in [3.63, 3.8) is 0 Å². The fourth-order valence-electron chi connectivity index (χ4n) is 1.49. The van der Waals surface area contributed by atoms with Gasteiger partial charge in [-0.25, -0.2) is 0 Å². The maximum Gasteiger partial charge on any atom is 0.306 e. The molecule has 1 N–H and O–H groups in total. The Labute approximate surface area is 76.0 Å². The molecule has 2 rings (SSSR count). The number of benzene rings is 1. The molecule has 1 aliphatic rings. The minimum atomic E-state index is -0.167. The Morgan fingerprint density at radius 1 is 1.46 bits per heavy atom. The largest absolute Gasteiger partial charge is 0.508 e. The topological polar surface area (TPSA) is 46.5 Å². The highest BCUT2D eigenvalue weighted by Crippen LogP contribution is 2.30. The van der Waals surface area contributed by atoms with Crippen molar-refractivity contribution in [2.45, 2.75) is 18.9 Å². The number of phenolic OH excluding ortho intramolecular Hbond substituents is 1. The van der Waals surface area contributed by atoms with Crippen LogP contribution >= 0.6 is 0 Å². The molecule has 1 aromatic rings. The van der Waals surface area contributed by atoms with Gasteiger partial charge >= 0.3 is 5.97 Å². The summed E-state index contributed by atoms with van der Waals surface area (Å²) in [6.45, 7) is 0. The molecule has 0 amide bonds. The second-order valence-corrected chi connectivity index (χ2v) is 3.11. The van der Waals surface area contributed by atoms with Crippen molar-refractivity contribution in [3.8, 4) is 5.75 Å². The number of cyclic esters (lactones) is 1. The van der Waals surface area contributed by atoms with E-state index in [2.05, 4.69) is 0 Å². The van der Waals surface area contributed by atoms with Crippen LogP contribution in [0.25, 0.3) is 0 Å². The maximum atomic E-state index is 10.8. The number of ether oxygens (including phenoxy) is 1. The SMILES string of the molecule is O=C1CCC(c2cccc(O)c2)O1. The third kappa shape index (κ3) is 1.64. The van der Waals surface area contributed by atoms with Crippen LogP contribution in [-0.4, -0.2) is 11.1 Å². The molecule has 1 heterocycles. The highest BCUT2D eigenvalue weighted by Gasteiger charge is 2.24. The summed E-state index contributed by atoms with van der Waals surface area (Å²) in [5, 5.41) is 9.20. The van der Waals surface area contributed by atoms with Gasteiger partial charge in [0, 0.05) is 6.42 Å². The monoisotopic (exact) mass is 178 g/mol. The van der Waals surface area contributed by atoms with Crippen LogP contribution in [-0.2, 0) is 9.53 Å². The van der Waals surface area contributed by atoms with Gasteiger partial charge in [0.1, 0.15) is 11.9 Å². The normalized spacial score (nSPS) is 21.5. The molecule has 1 aliphatic heterocycles. The van der Waals surface area contributed by atoms with Crippen molar-refractivity contribution < 1.29 is 14.6 Å². The first-order valence-corrected chi connectivity index (χ1v) is 4.24. The molecule has 1 unspecified atom stereocenters. The Kier molecular flexibility index (Phi) is 1.93. The fourth-order valence-corrected chi connectivity index (χ4v) is 1.49. The van der Waals surface area contributed by atoms with E-state index in [0.717, 1.165) is 5.56 Å². The van der Waals surface area contributed by atoms with Crippen molar-refractivity contribution in [2.75, 3.05) is 0 Å². The number of aromatic hydroxyl groups is 1. The first kappa shape index (κ1) is 8.10.